The lowest BCUT2D eigenvalue weighted by atomic mass is 10.2. The van der Waals surface area contributed by atoms with Crippen molar-refractivity contribution in [3.63, 3.8) is 0 Å². The molecule has 6 nitrogen and oxygen atoms in total. The number of rotatable bonds is 5. The second-order valence-electron chi connectivity index (χ2n) is 6.35. The van der Waals surface area contributed by atoms with Crippen LogP contribution in [0.15, 0.2) is 48.0 Å². The Balaban J connectivity index is 1.43. The number of anilines is 1. The molecule has 0 radical (unpaired) electrons. The van der Waals surface area contributed by atoms with E-state index in [-0.39, 0.29) is 5.91 Å². The third kappa shape index (κ3) is 4.49. The zero-order valence-corrected chi connectivity index (χ0v) is 16.7. The number of amides is 1. The van der Waals surface area contributed by atoms with Crippen molar-refractivity contribution >= 4 is 34.7 Å². The molecule has 0 unspecified atom stereocenters. The molecule has 144 valence electrons. The van der Waals surface area contributed by atoms with Crippen LogP contribution in [0.25, 0.3) is 10.6 Å². The second-order valence-corrected chi connectivity index (χ2v) is 7.64. The van der Waals surface area contributed by atoms with Gasteiger partial charge in [-0.2, -0.15) is 0 Å². The van der Waals surface area contributed by atoms with E-state index in [1.807, 2.05) is 24.3 Å². The summed E-state index contributed by atoms with van der Waals surface area (Å²) in [5, 5.41) is 6.14. The first kappa shape index (κ1) is 18.9. The molecule has 0 aliphatic carbocycles. The van der Waals surface area contributed by atoms with Gasteiger partial charge in [0.1, 0.15) is 16.5 Å². The van der Waals surface area contributed by atoms with Gasteiger partial charge >= 0.3 is 0 Å². The zero-order chi connectivity index (χ0) is 19.3. The van der Waals surface area contributed by atoms with Crippen LogP contribution in [0.3, 0.4) is 0 Å². The van der Waals surface area contributed by atoms with Crippen molar-refractivity contribution in [1.29, 1.82) is 0 Å². The Kier molecular flexibility index (Phi) is 5.85. The van der Waals surface area contributed by atoms with Crippen LogP contribution in [-0.2, 0) is 11.3 Å². The average Bonchev–Trinajstić information content (AvgIpc) is 3.24. The van der Waals surface area contributed by atoms with Crippen molar-refractivity contribution in [2.45, 2.75) is 6.54 Å². The molecule has 3 heterocycles. The standard InChI is InChI=1S/C20H19ClN4O2S/c21-16-3-1-14(2-4-16)12-23-19(26)17-13-28-20(24-17)15-5-6-22-18(11-15)25-7-9-27-10-8-25/h1-6,11,13H,7-10,12H2,(H,23,26). The minimum atomic E-state index is -0.195. The molecule has 1 aliphatic rings. The lowest BCUT2D eigenvalue weighted by Crippen LogP contribution is -2.36. The van der Waals surface area contributed by atoms with E-state index in [0.717, 1.165) is 35.0 Å². The highest BCUT2D eigenvalue weighted by atomic mass is 35.5. The molecule has 1 amide bonds. The number of nitrogens with zero attached hydrogens (tertiary/aromatic N) is 3. The summed E-state index contributed by atoms with van der Waals surface area (Å²) in [6, 6.07) is 11.3. The summed E-state index contributed by atoms with van der Waals surface area (Å²) in [4.78, 5) is 23.6. The van der Waals surface area contributed by atoms with Crippen LogP contribution in [0, 0.1) is 0 Å². The van der Waals surface area contributed by atoms with Crippen molar-refractivity contribution in [2.24, 2.45) is 0 Å². The maximum atomic E-state index is 12.4. The number of thiazole rings is 1. The Morgan fingerprint density at radius 2 is 2.00 bits per heavy atom. The number of carbonyl (C=O) groups excluding carboxylic acids is 1. The Labute approximate surface area is 172 Å². The monoisotopic (exact) mass is 414 g/mol. The number of morpholine rings is 1. The minimum Gasteiger partial charge on any atom is -0.378 e. The van der Waals surface area contributed by atoms with Crippen molar-refractivity contribution < 1.29 is 9.53 Å². The summed E-state index contributed by atoms with van der Waals surface area (Å²) in [7, 11) is 0. The van der Waals surface area contributed by atoms with Crippen molar-refractivity contribution in [1.82, 2.24) is 15.3 Å². The molecular weight excluding hydrogens is 396 g/mol. The lowest BCUT2D eigenvalue weighted by Gasteiger charge is -2.27. The lowest BCUT2D eigenvalue weighted by molar-refractivity contribution is 0.0946. The highest BCUT2D eigenvalue weighted by molar-refractivity contribution is 7.13. The molecule has 1 saturated heterocycles. The SMILES string of the molecule is O=C(NCc1ccc(Cl)cc1)c1csc(-c2ccnc(N3CCOCC3)c2)n1. The van der Waals surface area contributed by atoms with Gasteiger partial charge < -0.3 is 15.0 Å². The van der Waals surface area contributed by atoms with Gasteiger partial charge in [0.25, 0.3) is 5.91 Å². The van der Waals surface area contributed by atoms with Gasteiger partial charge in [-0.15, -0.1) is 11.3 Å². The van der Waals surface area contributed by atoms with Gasteiger partial charge in [0.05, 0.1) is 13.2 Å². The number of benzene rings is 1. The highest BCUT2D eigenvalue weighted by Gasteiger charge is 2.15. The zero-order valence-electron chi connectivity index (χ0n) is 15.1. The first-order valence-corrected chi connectivity index (χ1v) is 10.2. The van der Waals surface area contributed by atoms with Crippen LogP contribution in [-0.4, -0.2) is 42.2 Å². The van der Waals surface area contributed by atoms with Gasteiger partial charge in [-0.3, -0.25) is 4.79 Å². The molecule has 4 rings (SSSR count). The van der Waals surface area contributed by atoms with Crippen molar-refractivity contribution in [3.05, 3.63) is 64.3 Å². The largest absolute Gasteiger partial charge is 0.378 e. The average molecular weight is 415 g/mol. The smallest absolute Gasteiger partial charge is 0.271 e. The van der Waals surface area contributed by atoms with E-state index in [9.17, 15) is 4.79 Å². The first-order valence-electron chi connectivity index (χ1n) is 8.96. The van der Waals surface area contributed by atoms with Crippen LogP contribution < -0.4 is 10.2 Å². The fraction of sp³-hybridized carbons (Fsp3) is 0.250. The number of hydrogen-bond donors (Lipinski definition) is 1. The molecular formula is C20H19ClN4O2S. The van der Waals surface area contributed by atoms with Gasteiger partial charge in [0, 0.05) is 41.8 Å². The number of pyridine rings is 1. The van der Waals surface area contributed by atoms with E-state index in [1.54, 1.807) is 23.7 Å². The Hall–Kier alpha value is -2.48. The minimum absolute atomic E-state index is 0.195. The molecule has 1 aromatic carbocycles. The molecule has 28 heavy (non-hydrogen) atoms. The third-order valence-corrected chi connectivity index (χ3v) is 5.57. The van der Waals surface area contributed by atoms with Crippen molar-refractivity contribution in [3.8, 4) is 10.6 Å². The predicted octanol–water partition coefficient (Wildman–Crippen LogP) is 3.63. The predicted molar refractivity (Wildman–Crippen MR) is 111 cm³/mol. The molecule has 8 heteroatoms. The number of hydrogen-bond acceptors (Lipinski definition) is 6. The summed E-state index contributed by atoms with van der Waals surface area (Å²) in [5.74, 6) is 0.713. The van der Waals surface area contributed by atoms with Crippen LogP contribution in [0.1, 0.15) is 16.1 Å². The van der Waals surface area contributed by atoms with E-state index in [1.165, 1.54) is 11.3 Å². The molecule has 0 bridgehead atoms. The van der Waals surface area contributed by atoms with Gasteiger partial charge in [0.2, 0.25) is 0 Å². The molecule has 1 fully saturated rings. The van der Waals surface area contributed by atoms with Crippen LogP contribution in [0.2, 0.25) is 5.02 Å². The van der Waals surface area contributed by atoms with Crippen molar-refractivity contribution in [2.75, 3.05) is 31.2 Å². The molecule has 0 saturated carbocycles. The van der Waals surface area contributed by atoms with E-state index in [4.69, 9.17) is 16.3 Å². The fourth-order valence-electron chi connectivity index (χ4n) is 2.90. The summed E-state index contributed by atoms with van der Waals surface area (Å²) in [6.07, 6.45) is 1.78. The van der Waals surface area contributed by atoms with Crippen LogP contribution in [0.5, 0.6) is 0 Å². The molecule has 1 aliphatic heterocycles. The molecule has 2 aromatic heterocycles. The summed E-state index contributed by atoms with van der Waals surface area (Å²) < 4.78 is 5.40. The molecule has 0 spiro atoms. The fourth-order valence-corrected chi connectivity index (χ4v) is 3.83. The number of halogens is 1. The third-order valence-electron chi connectivity index (χ3n) is 4.43. The molecule has 1 N–H and O–H groups in total. The van der Waals surface area contributed by atoms with E-state index >= 15 is 0 Å². The first-order chi connectivity index (χ1) is 13.7. The quantitative estimate of drug-likeness (QED) is 0.690. The van der Waals surface area contributed by atoms with Gasteiger partial charge in [0.15, 0.2) is 0 Å². The Morgan fingerprint density at radius 3 is 2.79 bits per heavy atom. The topological polar surface area (TPSA) is 67.4 Å². The maximum Gasteiger partial charge on any atom is 0.271 e. The summed E-state index contributed by atoms with van der Waals surface area (Å²) >= 11 is 7.33. The number of aromatic nitrogens is 2. The van der Waals surface area contributed by atoms with Gasteiger partial charge in [-0.1, -0.05) is 23.7 Å². The normalized spacial score (nSPS) is 14.1. The summed E-state index contributed by atoms with van der Waals surface area (Å²) in [6.45, 7) is 3.50. The second kappa shape index (κ2) is 8.68. The van der Waals surface area contributed by atoms with Gasteiger partial charge in [-0.25, -0.2) is 9.97 Å². The van der Waals surface area contributed by atoms with E-state index in [0.29, 0.717) is 30.5 Å². The maximum absolute atomic E-state index is 12.4. The highest BCUT2D eigenvalue weighted by Crippen LogP contribution is 2.26. The summed E-state index contributed by atoms with van der Waals surface area (Å²) in [5.41, 5.74) is 2.36. The Bertz CT molecular complexity index is 955. The number of carbonyl (C=O) groups is 1. The molecule has 3 aromatic rings. The number of nitrogens with one attached hydrogen (secondary N) is 1. The number of ether oxygens (including phenoxy) is 1. The molecule has 0 atom stereocenters. The van der Waals surface area contributed by atoms with Crippen LogP contribution >= 0.6 is 22.9 Å². The Morgan fingerprint density at radius 1 is 1.21 bits per heavy atom. The van der Waals surface area contributed by atoms with E-state index in [2.05, 4.69) is 20.2 Å². The van der Waals surface area contributed by atoms with Crippen LogP contribution in [0.4, 0.5) is 5.82 Å². The van der Waals surface area contributed by atoms with Gasteiger partial charge in [-0.05, 0) is 29.8 Å². The van der Waals surface area contributed by atoms with E-state index < -0.39 is 0 Å².